The van der Waals surface area contributed by atoms with E-state index in [2.05, 4.69) is 41.9 Å². The smallest absolute Gasteiger partial charge is 0.326 e. The van der Waals surface area contributed by atoms with Crippen molar-refractivity contribution in [2.75, 3.05) is 19.7 Å². The number of carboxylic acid groups (broad SMARTS) is 2. The maximum absolute atomic E-state index is 13.2. The van der Waals surface area contributed by atoms with E-state index in [1.807, 2.05) is 5.32 Å². The first-order chi connectivity index (χ1) is 25.6. The number of benzene rings is 1. The summed E-state index contributed by atoms with van der Waals surface area (Å²) >= 11 is 0. The molecule has 0 radical (unpaired) electrons. The topological polar surface area (TPSA) is 379 Å². The van der Waals surface area contributed by atoms with E-state index in [4.69, 9.17) is 11.5 Å². The molecule has 1 aliphatic rings. The highest BCUT2D eigenvalue weighted by molar-refractivity contribution is 6.03. The number of fused-ring (bicyclic) bond motifs is 1. The third-order valence-electron chi connectivity index (χ3n) is 7.83. The monoisotopic (exact) mass is 759 g/mol. The quantitative estimate of drug-likeness (QED) is 0.0342. The molecule has 8 amide bonds. The number of hydrogen-bond donors (Lipinski definition) is 13. The summed E-state index contributed by atoms with van der Waals surface area (Å²) < 4.78 is 0. The predicted molar refractivity (Wildman–Crippen MR) is 185 cm³/mol. The molecule has 0 spiro atoms. The number of aliphatic hydroxyl groups is 1. The van der Waals surface area contributed by atoms with Gasteiger partial charge in [0.1, 0.15) is 30.2 Å². The summed E-state index contributed by atoms with van der Waals surface area (Å²) in [5.74, 6) is -9.14. The summed E-state index contributed by atoms with van der Waals surface area (Å²) in [6.45, 7) is -1.80. The minimum absolute atomic E-state index is 0.00962. The van der Waals surface area contributed by atoms with Crippen molar-refractivity contribution in [2.24, 2.45) is 16.5 Å². The van der Waals surface area contributed by atoms with Crippen LogP contribution in [-0.4, -0.2) is 130 Å². The van der Waals surface area contributed by atoms with Crippen LogP contribution in [0.1, 0.15) is 31.2 Å². The average molecular weight is 760 g/mol. The number of aromatic amines is 1. The summed E-state index contributed by atoms with van der Waals surface area (Å²) in [4.78, 5) is 118. The number of aliphatic carboxylic acids is 2. The van der Waals surface area contributed by atoms with Crippen LogP contribution < -0.4 is 48.7 Å². The summed E-state index contributed by atoms with van der Waals surface area (Å²) in [6.07, 6.45) is -0.0423. The number of nitrogens with two attached hydrogens (primary N) is 2. The molecule has 2 aromatic rings. The van der Waals surface area contributed by atoms with E-state index >= 15 is 0 Å². The lowest BCUT2D eigenvalue weighted by atomic mass is 10.0. The molecule has 1 aromatic heterocycles. The molecule has 1 aliphatic heterocycles. The Balaban J connectivity index is 1.64. The normalized spacial score (nSPS) is 15.9. The van der Waals surface area contributed by atoms with Crippen LogP contribution in [0.5, 0.6) is 0 Å². The van der Waals surface area contributed by atoms with Gasteiger partial charge in [-0.25, -0.2) is 9.59 Å². The standard InChI is InChI=1S/C31H41N11O12/c32-30(33)34-7-3-6-17(38-28(51)21(13-43)40-26(49)18-9-22(44)42-31(54)41-18)25(48)36-12-23(45)37-19(10-24(46)47)27(50)39-20(29(52)53)8-14-11-35-16-5-2-1-4-15(14)16/h1-2,4-5,11,17-21,35,43H,3,6-10,12-13H2,(H,36,48)(H,37,45)(H,38,51)(H,39,50)(H,40,49)(H,46,47)(H,52,53)(H4,32,33,34)(H2,41,42,44,54)/t17-,18-,19-,20-,21-/m0/s1. The van der Waals surface area contributed by atoms with Crippen LogP contribution in [0, 0.1) is 0 Å². The van der Waals surface area contributed by atoms with Crippen LogP contribution in [0.3, 0.4) is 0 Å². The van der Waals surface area contributed by atoms with E-state index in [-0.39, 0.29) is 31.8 Å². The number of carbonyl (C=O) groups is 9. The van der Waals surface area contributed by atoms with Gasteiger partial charge in [-0.05, 0) is 24.5 Å². The Bertz CT molecular complexity index is 1780. The number of nitrogens with zero attached hydrogens (tertiary/aromatic N) is 1. The molecule has 54 heavy (non-hydrogen) atoms. The Kier molecular flexibility index (Phi) is 15.2. The van der Waals surface area contributed by atoms with Gasteiger partial charge in [0, 0.05) is 30.1 Å². The fraction of sp³-hybridized carbons (Fsp3) is 0.419. The van der Waals surface area contributed by atoms with Crippen LogP contribution in [0.4, 0.5) is 4.79 Å². The second-order valence-electron chi connectivity index (χ2n) is 11.9. The highest BCUT2D eigenvalue weighted by atomic mass is 16.4. The number of amides is 8. The molecule has 0 bridgehead atoms. The molecule has 1 fully saturated rings. The van der Waals surface area contributed by atoms with Gasteiger partial charge in [0.25, 0.3) is 0 Å². The van der Waals surface area contributed by atoms with Crippen LogP contribution in [0.2, 0.25) is 0 Å². The Hall–Kier alpha value is -6.78. The van der Waals surface area contributed by atoms with Crippen LogP contribution in [-0.2, 0) is 44.8 Å². The van der Waals surface area contributed by atoms with E-state index < -0.39 is 110 Å². The second kappa shape index (κ2) is 19.7. The number of carbonyl (C=O) groups excluding carboxylic acids is 7. The lowest BCUT2D eigenvalue weighted by Crippen LogP contribution is -2.61. The number of para-hydroxylation sites is 1. The van der Waals surface area contributed by atoms with E-state index in [9.17, 15) is 58.5 Å². The fourth-order valence-electron chi connectivity index (χ4n) is 5.19. The molecule has 292 valence electrons. The molecule has 0 saturated carbocycles. The number of carboxylic acids is 2. The number of nitrogens with one attached hydrogen (secondary N) is 8. The SMILES string of the molecule is NC(N)=NCCC[C@H](NC(=O)[C@H](CO)NC(=O)[C@@H]1CC(=O)NC(=O)N1)C(=O)NCC(=O)N[C@@H](CC(=O)O)C(=O)N[C@@H](Cc1c[nH]c2ccccc12)C(=O)O. The third-order valence-corrected chi connectivity index (χ3v) is 7.83. The number of H-pyrrole nitrogens is 1. The van der Waals surface area contributed by atoms with Gasteiger partial charge < -0.3 is 63.7 Å². The van der Waals surface area contributed by atoms with Gasteiger partial charge in [0.2, 0.25) is 35.4 Å². The molecule has 3 rings (SSSR count). The second-order valence-corrected chi connectivity index (χ2v) is 11.9. The van der Waals surface area contributed by atoms with Gasteiger partial charge in [-0.15, -0.1) is 0 Å². The molecular weight excluding hydrogens is 718 g/mol. The van der Waals surface area contributed by atoms with Crippen molar-refractivity contribution < 1.29 is 58.5 Å². The van der Waals surface area contributed by atoms with Gasteiger partial charge in [-0.1, -0.05) is 18.2 Å². The summed E-state index contributed by atoms with van der Waals surface area (Å²) in [6, 6.07) is -1.64. The molecule has 1 saturated heterocycles. The van der Waals surface area contributed by atoms with Crippen molar-refractivity contribution in [1.29, 1.82) is 0 Å². The minimum Gasteiger partial charge on any atom is -0.481 e. The average Bonchev–Trinajstić information content (AvgIpc) is 3.51. The van der Waals surface area contributed by atoms with Crippen molar-refractivity contribution in [3.63, 3.8) is 0 Å². The van der Waals surface area contributed by atoms with E-state index in [1.165, 1.54) is 0 Å². The van der Waals surface area contributed by atoms with Gasteiger partial charge in [0.15, 0.2) is 5.96 Å². The van der Waals surface area contributed by atoms with Gasteiger partial charge >= 0.3 is 18.0 Å². The Morgan fingerprint density at radius 1 is 0.889 bits per heavy atom. The number of urea groups is 1. The minimum atomic E-state index is -1.76. The van der Waals surface area contributed by atoms with Crippen LogP contribution in [0.25, 0.3) is 10.9 Å². The largest absolute Gasteiger partial charge is 0.481 e. The molecular formula is C31H41N11O12. The Morgan fingerprint density at radius 3 is 2.22 bits per heavy atom. The summed E-state index contributed by atoms with van der Waals surface area (Å²) in [5.41, 5.74) is 11.9. The van der Waals surface area contributed by atoms with Crippen molar-refractivity contribution >= 4 is 70.3 Å². The van der Waals surface area contributed by atoms with Crippen molar-refractivity contribution in [2.45, 2.75) is 62.3 Å². The van der Waals surface area contributed by atoms with Crippen molar-refractivity contribution in [3.05, 3.63) is 36.0 Å². The predicted octanol–water partition coefficient (Wildman–Crippen LogP) is -5.03. The first kappa shape index (κ1) is 41.6. The Morgan fingerprint density at radius 2 is 1.57 bits per heavy atom. The number of rotatable bonds is 20. The first-order valence-electron chi connectivity index (χ1n) is 16.3. The van der Waals surface area contributed by atoms with Gasteiger partial charge in [-0.2, -0.15) is 0 Å². The third kappa shape index (κ3) is 12.8. The number of aromatic nitrogens is 1. The summed E-state index contributed by atoms with van der Waals surface area (Å²) in [5, 5.41) is 44.9. The molecule has 0 aliphatic carbocycles. The summed E-state index contributed by atoms with van der Waals surface area (Å²) in [7, 11) is 0. The van der Waals surface area contributed by atoms with Crippen LogP contribution in [0.15, 0.2) is 35.5 Å². The Labute approximate surface area is 305 Å². The molecule has 0 unspecified atom stereocenters. The highest BCUT2D eigenvalue weighted by Gasteiger charge is 2.34. The highest BCUT2D eigenvalue weighted by Crippen LogP contribution is 2.19. The molecule has 23 nitrogen and oxygen atoms in total. The maximum Gasteiger partial charge on any atom is 0.326 e. The van der Waals surface area contributed by atoms with E-state index in [0.29, 0.717) is 10.9 Å². The number of hydrogen-bond acceptors (Lipinski definition) is 11. The maximum atomic E-state index is 13.2. The molecule has 5 atom stereocenters. The molecule has 15 N–H and O–H groups in total. The molecule has 1 aromatic carbocycles. The van der Waals surface area contributed by atoms with Gasteiger partial charge in [-0.3, -0.25) is 43.9 Å². The van der Waals surface area contributed by atoms with Crippen LogP contribution >= 0.6 is 0 Å². The first-order valence-corrected chi connectivity index (χ1v) is 16.3. The van der Waals surface area contributed by atoms with Gasteiger partial charge in [0.05, 0.1) is 26.0 Å². The molecule has 2 heterocycles. The number of imide groups is 1. The fourth-order valence-corrected chi connectivity index (χ4v) is 5.19. The zero-order valence-electron chi connectivity index (χ0n) is 28.5. The zero-order chi connectivity index (χ0) is 39.9. The van der Waals surface area contributed by atoms with Crippen molar-refractivity contribution in [3.8, 4) is 0 Å². The number of aliphatic hydroxyl groups excluding tert-OH is 1. The zero-order valence-corrected chi connectivity index (χ0v) is 28.5. The lowest BCUT2D eigenvalue weighted by molar-refractivity contribution is -0.143. The lowest BCUT2D eigenvalue weighted by Gasteiger charge is -2.26. The van der Waals surface area contributed by atoms with E-state index in [0.717, 1.165) is 5.52 Å². The number of aliphatic imine (C=N–C) groups is 1. The van der Waals surface area contributed by atoms with Crippen molar-refractivity contribution in [1.82, 2.24) is 42.2 Å². The number of guanidine groups is 1. The van der Waals surface area contributed by atoms with E-state index in [1.54, 1.807) is 30.5 Å². The molecule has 23 heteroatoms.